The number of nitro groups is 1. The van der Waals surface area contributed by atoms with Crippen LogP contribution in [0.3, 0.4) is 0 Å². The minimum Gasteiger partial charge on any atom is -0.465 e. The Morgan fingerprint density at radius 1 is 1.11 bits per heavy atom. The van der Waals surface area contributed by atoms with Gasteiger partial charge in [0.2, 0.25) is 0 Å². The molecule has 4 rings (SSSR count). The van der Waals surface area contributed by atoms with E-state index in [9.17, 15) is 29.9 Å². The number of carbonyl (C=O) groups excluding carboxylic acids is 2. The highest BCUT2D eigenvalue weighted by Crippen LogP contribution is 2.34. The van der Waals surface area contributed by atoms with Gasteiger partial charge in [0.1, 0.15) is 31.2 Å². The van der Waals surface area contributed by atoms with Gasteiger partial charge >= 0.3 is 12.1 Å². The van der Waals surface area contributed by atoms with Crippen LogP contribution in [0.1, 0.15) is 43.9 Å². The van der Waals surface area contributed by atoms with Gasteiger partial charge in [-0.2, -0.15) is 5.26 Å². The molecule has 17 nitrogen and oxygen atoms in total. The second-order valence-corrected chi connectivity index (χ2v) is 9.99. The van der Waals surface area contributed by atoms with Crippen molar-refractivity contribution in [1.82, 2.24) is 19.5 Å². The standard InChI is InChI=1S/C28H33N7O10/c29-11-4-13-42-21(37)5-2-1-3-12-43-24-20(15-36)45-27(23(24)38)34-17-32-22-25(30-16-31-26(22)34)33-28(39)44-14-10-18-6-8-19(9-7-18)35(40)41/h6-9,16-17,20,23-24,27,36,38H,1-5,10,12-15H2,(H,30,31,33,39)/t20-,23-,24-,27-/m1/s1. The number of fused-ring (bicyclic) bond motifs is 1. The average molecular weight is 628 g/mol. The molecule has 45 heavy (non-hydrogen) atoms. The number of aliphatic hydroxyl groups excluding tert-OH is 2. The van der Waals surface area contributed by atoms with E-state index in [1.54, 1.807) is 12.1 Å². The Labute approximate surface area is 256 Å². The third kappa shape index (κ3) is 8.89. The van der Waals surface area contributed by atoms with Crippen LogP contribution in [0.4, 0.5) is 16.3 Å². The lowest BCUT2D eigenvalue weighted by Crippen LogP contribution is -2.36. The quantitative estimate of drug-likeness (QED) is 0.0894. The number of esters is 1. The number of imidazole rings is 1. The Bertz CT molecular complexity index is 1490. The Kier molecular flexibility index (Phi) is 12.0. The molecule has 0 radical (unpaired) electrons. The Morgan fingerprint density at radius 2 is 1.91 bits per heavy atom. The van der Waals surface area contributed by atoms with Crippen molar-refractivity contribution in [1.29, 1.82) is 5.26 Å². The number of hydrogen-bond acceptors (Lipinski definition) is 14. The fourth-order valence-electron chi connectivity index (χ4n) is 4.66. The van der Waals surface area contributed by atoms with Crippen molar-refractivity contribution in [2.75, 3.05) is 31.7 Å². The lowest BCUT2D eigenvalue weighted by Gasteiger charge is -2.20. The van der Waals surface area contributed by atoms with Crippen molar-refractivity contribution < 1.29 is 43.7 Å². The Balaban J connectivity index is 1.28. The first kappa shape index (κ1) is 33.1. The van der Waals surface area contributed by atoms with Crippen LogP contribution in [-0.4, -0.2) is 91.5 Å². The third-order valence-corrected chi connectivity index (χ3v) is 6.93. The van der Waals surface area contributed by atoms with Crippen LogP contribution in [0, 0.1) is 21.4 Å². The van der Waals surface area contributed by atoms with E-state index in [0.717, 1.165) is 5.56 Å². The van der Waals surface area contributed by atoms with Crippen LogP contribution >= 0.6 is 0 Å². The number of nitriles is 1. The number of anilines is 1. The largest absolute Gasteiger partial charge is 0.465 e. The topological polar surface area (TPSA) is 234 Å². The zero-order valence-electron chi connectivity index (χ0n) is 24.2. The molecule has 1 aliphatic heterocycles. The van der Waals surface area contributed by atoms with Crippen molar-refractivity contribution in [2.24, 2.45) is 0 Å². The third-order valence-electron chi connectivity index (χ3n) is 6.93. The summed E-state index contributed by atoms with van der Waals surface area (Å²) < 4.78 is 23.3. The van der Waals surface area contributed by atoms with Gasteiger partial charge in [-0.25, -0.2) is 19.7 Å². The van der Waals surface area contributed by atoms with Gasteiger partial charge in [-0.05, 0) is 18.4 Å². The summed E-state index contributed by atoms with van der Waals surface area (Å²) in [6, 6.07) is 7.81. The minimum absolute atomic E-state index is 0.00817. The number of nitrogens with zero attached hydrogens (tertiary/aromatic N) is 6. The Morgan fingerprint density at radius 3 is 2.64 bits per heavy atom. The zero-order chi connectivity index (χ0) is 32.2. The summed E-state index contributed by atoms with van der Waals surface area (Å²) >= 11 is 0. The number of benzene rings is 1. The fraction of sp³-hybridized carbons (Fsp3) is 0.500. The number of aliphatic hydroxyl groups is 2. The number of amides is 1. The number of aromatic nitrogens is 4. The number of nitro benzene ring substituents is 1. The Hall–Kier alpha value is -4.76. The van der Waals surface area contributed by atoms with Gasteiger partial charge in [0.05, 0.1) is 37.0 Å². The van der Waals surface area contributed by atoms with Crippen LogP contribution in [0.15, 0.2) is 36.9 Å². The highest BCUT2D eigenvalue weighted by atomic mass is 16.6. The number of rotatable bonds is 16. The summed E-state index contributed by atoms with van der Waals surface area (Å²) in [7, 11) is 0. The van der Waals surface area contributed by atoms with E-state index < -0.39 is 42.2 Å². The molecule has 0 saturated carbocycles. The van der Waals surface area contributed by atoms with Crippen LogP contribution in [0.2, 0.25) is 0 Å². The van der Waals surface area contributed by atoms with Crippen molar-refractivity contribution in [3.63, 3.8) is 0 Å². The molecule has 3 aromatic rings. The second-order valence-electron chi connectivity index (χ2n) is 9.99. The van der Waals surface area contributed by atoms with Gasteiger partial charge in [0.15, 0.2) is 23.2 Å². The van der Waals surface area contributed by atoms with E-state index >= 15 is 0 Å². The van der Waals surface area contributed by atoms with Gasteiger partial charge in [0.25, 0.3) is 5.69 Å². The highest BCUT2D eigenvalue weighted by Gasteiger charge is 2.45. The first-order valence-electron chi connectivity index (χ1n) is 14.3. The maximum absolute atomic E-state index is 12.4. The first-order valence-corrected chi connectivity index (χ1v) is 14.3. The average Bonchev–Trinajstić information content (AvgIpc) is 3.60. The molecule has 1 aliphatic rings. The lowest BCUT2D eigenvalue weighted by atomic mass is 10.1. The molecule has 0 aliphatic carbocycles. The normalized spacial score (nSPS) is 19.2. The van der Waals surface area contributed by atoms with E-state index in [4.69, 9.17) is 24.2 Å². The number of ether oxygens (including phenoxy) is 4. The number of non-ortho nitro benzene ring substituents is 1. The molecule has 0 spiro atoms. The van der Waals surface area contributed by atoms with Gasteiger partial charge in [-0.15, -0.1) is 0 Å². The molecule has 240 valence electrons. The summed E-state index contributed by atoms with van der Waals surface area (Å²) in [5.74, 6) is -0.299. The fourth-order valence-corrected chi connectivity index (χ4v) is 4.66. The number of hydrogen-bond donors (Lipinski definition) is 3. The molecule has 3 N–H and O–H groups in total. The number of unbranched alkanes of at least 4 members (excludes halogenated alkanes) is 2. The molecule has 0 unspecified atom stereocenters. The van der Waals surface area contributed by atoms with Crippen LogP contribution in [-0.2, 0) is 30.2 Å². The maximum atomic E-state index is 12.4. The number of nitrogens with one attached hydrogen (secondary N) is 1. The predicted molar refractivity (Wildman–Crippen MR) is 153 cm³/mol. The molecule has 1 fully saturated rings. The smallest absolute Gasteiger partial charge is 0.412 e. The van der Waals surface area contributed by atoms with E-state index in [2.05, 4.69) is 20.3 Å². The molecule has 1 aromatic carbocycles. The lowest BCUT2D eigenvalue weighted by molar-refractivity contribution is -0.384. The van der Waals surface area contributed by atoms with Crippen LogP contribution < -0.4 is 5.32 Å². The van der Waals surface area contributed by atoms with E-state index in [-0.39, 0.29) is 61.3 Å². The molecular weight excluding hydrogens is 594 g/mol. The predicted octanol–water partition coefficient (Wildman–Crippen LogP) is 2.18. The minimum atomic E-state index is -1.19. The zero-order valence-corrected chi connectivity index (χ0v) is 24.2. The van der Waals surface area contributed by atoms with Gasteiger partial charge < -0.3 is 29.2 Å². The summed E-state index contributed by atoms with van der Waals surface area (Å²) in [4.78, 5) is 46.9. The maximum Gasteiger partial charge on any atom is 0.412 e. The molecule has 1 amide bonds. The van der Waals surface area contributed by atoms with E-state index in [0.29, 0.717) is 25.7 Å². The van der Waals surface area contributed by atoms with Crippen LogP contribution in [0.5, 0.6) is 0 Å². The van der Waals surface area contributed by atoms with E-state index in [1.165, 1.54) is 29.4 Å². The van der Waals surface area contributed by atoms with Crippen molar-refractivity contribution >= 4 is 34.7 Å². The molecule has 0 bridgehead atoms. The van der Waals surface area contributed by atoms with Crippen molar-refractivity contribution in [2.45, 2.75) is 63.1 Å². The van der Waals surface area contributed by atoms with Gasteiger partial charge in [-0.1, -0.05) is 18.6 Å². The SMILES string of the molecule is N#CCCOC(=O)CCCCCO[C@H]1[C@@H](O)[C@H](n2cnc3c(NC(=O)OCCc4ccc([N+](=O)[O-])cc4)ncnc32)O[C@@H]1CO. The van der Waals surface area contributed by atoms with Gasteiger partial charge in [0, 0.05) is 31.6 Å². The van der Waals surface area contributed by atoms with E-state index in [1.807, 2.05) is 6.07 Å². The van der Waals surface area contributed by atoms with Crippen molar-refractivity contribution in [3.8, 4) is 6.07 Å². The van der Waals surface area contributed by atoms with Gasteiger partial charge in [-0.3, -0.25) is 24.8 Å². The molecule has 2 aromatic heterocycles. The number of carbonyl (C=O) groups is 2. The summed E-state index contributed by atoms with van der Waals surface area (Å²) in [6.45, 7) is -0.0652. The molecule has 1 saturated heterocycles. The monoisotopic (exact) mass is 627 g/mol. The summed E-state index contributed by atoms with van der Waals surface area (Å²) in [6.07, 6.45) is 0.461. The molecular formula is C28H33N7O10. The molecule has 3 heterocycles. The summed E-state index contributed by atoms with van der Waals surface area (Å²) in [5, 5.41) is 42.7. The second kappa shape index (κ2) is 16.4. The highest BCUT2D eigenvalue weighted by molar-refractivity contribution is 5.93. The van der Waals surface area contributed by atoms with Crippen LogP contribution in [0.25, 0.3) is 11.2 Å². The molecule has 4 atom stereocenters. The molecule has 17 heteroatoms. The van der Waals surface area contributed by atoms with Crippen molar-refractivity contribution in [3.05, 3.63) is 52.6 Å². The first-order chi connectivity index (χ1) is 21.8. The summed E-state index contributed by atoms with van der Waals surface area (Å²) in [5.41, 5.74) is 1.17.